The van der Waals surface area contributed by atoms with Gasteiger partial charge in [0.1, 0.15) is 0 Å². The third kappa shape index (κ3) is 6.40. The van der Waals surface area contributed by atoms with Gasteiger partial charge in [0.2, 0.25) is 10.0 Å². The van der Waals surface area contributed by atoms with Crippen LogP contribution < -0.4 is 14.4 Å². The van der Waals surface area contributed by atoms with Gasteiger partial charge in [-0.2, -0.15) is 4.31 Å². The Kier molecular flexibility index (Phi) is 9.99. The summed E-state index contributed by atoms with van der Waals surface area (Å²) < 4.78 is 39.5. The molecular weight excluding hydrogens is 548 g/mol. The van der Waals surface area contributed by atoms with Crippen molar-refractivity contribution < 1.29 is 22.7 Å². The second-order valence-corrected chi connectivity index (χ2v) is 12.5. The van der Waals surface area contributed by atoms with E-state index in [1.54, 1.807) is 41.6 Å². The summed E-state index contributed by atoms with van der Waals surface area (Å²) in [7, 11) is 3.44. The number of carbonyl (C=O) groups is 1. The molecule has 0 saturated carbocycles. The summed E-state index contributed by atoms with van der Waals surface area (Å²) in [5.41, 5.74) is 1.11. The minimum atomic E-state index is -3.59. The zero-order chi connectivity index (χ0) is 26.7. The number of nitrogens with zero attached hydrogens (tertiary/aromatic N) is 4. The van der Waals surface area contributed by atoms with Crippen LogP contribution in [0.2, 0.25) is 0 Å². The molecule has 0 spiro atoms. The molecule has 1 aliphatic rings. The molecule has 1 saturated heterocycles. The third-order valence-corrected chi connectivity index (χ3v) is 9.41. The van der Waals surface area contributed by atoms with Crippen molar-refractivity contribution >= 4 is 55.0 Å². The van der Waals surface area contributed by atoms with Gasteiger partial charge in [0.05, 0.1) is 29.3 Å². The molecule has 2 aromatic carbocycles. The number of halogens is 1. The minimum absolute atomic E-state index is 0. The van der Waals surface area contributed by atoms with Crippen molar-refractivity contribution in [1.82, 2.24) is 14.2 Å². The van der Waals surface area contributed by atoms with Crippen molar-refractivity contribution in [3.63, 3.8) is 0 Å². The lowest BCUT2D eigenvalue weighted by Gasteiger charge is -2.30. The number of hydrogen-bond donors (Lipinski definition) is 0. The normalized spacial score (nSPS) is 16.3. The van der Waals surface area contributed by atoms with Crippen molar-refractivity contribution in [1.29, 1.82) is 0 Å². The summed E-state index contributed by atoms with van der Waals surface area (Å²) >= 11 is 1.39. The summed E-state index contributed by atoms with van der Waals surface area (Å²) in [6, 6.07) is 9.88. The highest BCUT2D eigenvalue weighted by molar-refractivity contribution is 7.89. The summed E-state index contributed by atoms with van der Waals surface area (Å²) in [4.78, 5) is 22.2. The predicted octanol–water partition coefficient (Wildman–Crippen LogP) is 4.36. The first-order valence-corrected chi connectivity index (χ1v) is 14.5. The Hall–Kier alpha value is -2.44. The third-order valence-electron chi connectivity index (χ3n) is 6.49. The molecule has 208 valence electrons. The lowest BCUT2D eigenvalue weighted by Crippen LogP contribution is -2.39. The monoisotopic (exact) mass is 582 g/mol. The molecule has 0 bridgehead atoms. The molecule has 4 rings (SSSR count). The van der Waals surface area contributed by atoms with Crippen LogP contribution in [-0.4, -0.2) is 83.0 Å². The summed E-state index contributed by atoms with van der Waals surface area (Å²) in [5.74, 6) is 1.26. The number of piperidine rings is 1. The van der Waals surface area contributed by atoms with Crippen LogP contribution in [0.25, 0.3) is 10.2 Å². The molecule has 1 aromatic heterocycles. The smallest absolute Gasteiger partial charge is 0.260 e. The van der Waals surface area contributed by atoms with E-state index in [1.165, 1.54) is 23.5 Å². The van der Waals surface area contributed by atoms with Gasteiger partial charge in [-0.15, -0.1) is 12.4 Å². The highest BCUT2D eigenvalue weighted by Crippen LogP contribution is 2.37. The Bertz CT molecular complexity index is 1320. The van der Waals surface area contributed by atoms with E-state index in [-0.39, 0.29) is 23.2 Å². The van der Waals surface area contributed by atoms with Crippen molar-refractivity contribution in [3.8, 4) is 11.5 Å². The number of fused-ring (bicyclic) bond motifs is 1. The number of aromatic nitrogens is 1. The van der Waals surface area contributed by atoms with Gasteiger partial charge in [-0.1, -0.05) is 18.3 Å². The van der Waals surface area contributed by atoms with Gasteiger partial charge in [-0.3, -0.25) is 9.69 Å². The van der Waals surface area contributed by atoms with E-state index in [0.717, 1.165) is 17.5 Å². The number of benzene rings is 2. The molecule has 2 heterocycles. The van der Waals surface area contributed by atoms with E-state index >= 15 is 0 Å². The number of likely N-dealkylation sites (N-methyl/N-ethyl adjacent to an activating group) is 1. The Morgan fingerprint density at radius 1 is 1.11 bits per heavy atom. The highest BCUT2D eigenvalue weighted by atomic mass is 35.5. The van der Waals surface area contributed by atoms with Crippen LogP contribution in [0.5, 0.6) is 11.5 Å². The molecule has 9 nitrogen and oxygen atoms in total. The fourth-order valence-electron chi connectivity index (χ4n) is 4.38. The minimum Gasteiger partial charge on any atom is -0.493 e. The molecule has 1 amide bonds. The number of anilines is 1. The molecule has 0 radical (unpaired) electrons. The first kappa shape index (κ1) is 30.1. The zero-order valence-corrected chi connectivity index (χ0v) is 24.8. The lowest BCUT2D eigenvalue weighted by atomic mass is 10.0. The number of methoxy groups -OCH3 is 2. The molecule has 0 N–H and O–H groups in total. The average molecular weight is 583 g/mol. The molecule has 1 aliphatic heterocycles. The van der Waals surface area contributed by atoms with Crippen molar-refractivity contribution in [2.75, 3.05) is 59.4 Å². The summed E-state index contributed by atoms with van der Waals surface area (Å²) in [6.45, 7) is 4.17. The van der Waals surface area contributed by atoms with Crippen LogP contribution in [0.4, 0.5) is 5.13 Å². The first-order chi connectivity index (χ1) is 17.6. The maximum atomic E-state index is 13.7. The number of ether oxygens (including phenoxy) is 2. The molecule has 1 fully saturated rings. The molecule has 38 heavy (non-hydrogen) atoms. The molecule has 1 atom stereocenters. The van der Waals surface area contributed by atoms with E-state index in [9.17, 15) is 13.2 Å². The van der Waals surface area contributed by atoms with Crippen molar-refractivity contribution in [2.24, 2.45) is 5.92 Å². The number of thiazole rings is 1. The number of hydrogen-bond acceptors (Lipinski definition) is 8. The zero-order valence-electron chi connectivity index (χ0n) is 22.3. The van der Waals surface area contributed by atoms with Crippen LogP contribution in [0.1, 0.15) is 30.1 Å². The van der Waals surface area contributed by atoms with E-state index in [1.807, 2.05) is 25.1 Å². The number of carbonyl (C=O) groups excluding carboxylic acids is 1. The molecule has 12 heteroatoms. The quantitative estimate of drug-likeness (QED) is 0.370. The van der Waals surface area contributed by atoms with Crippen LogP contribution in [-0.2, 0) is 10.0 Å². The van der Waals surface area contributed by atoms with Gasteiger partial charge < -0.3 is 14.4 Å². The molecular formula is C26H35ClN4O5S2. The maximum absolute atomic E-state index is 13.7. The van der Waals surface area contributed by atoms with E-state index in [4.69, 9.17) is 14.5 Å². The number of rotatable bonds is 9. The van der Waals surface area contributed by atoms with E-state index in [2.05, 4.69) is 6.92 Å². The fraction of sp³-hybridized carbons (Fsp3) is 0.462. The lowest BCUT2D eigenvalue weighted by molar-refractivity contribution is 0.0985. The second-order valence-electron chi connectivity index (χ2n) is 9.57. The molecule has 3 aromatic rings. The summed E-state index contributed by atoms with van der Waals surface area (Å²) in [5, 5.41) is 0.552. The van der Waals surface area contributed by atoms with Gasteiger partial charge in [-0.05, 0) is 57.1 Å². The Morgan fingerprint density at radius 3 is 2.37 bits per heavy atom. The van der Waals surface area contributed by atoms with Gasteiger partial charge in [-0.25, -0.2) is 13.4 Å². The number of amides is 1. The van der Waals surface area contributed by atoms with Crippen LogP contribution in [0.3, 0.4) is 0 Å². The highest BCUT2D eigenvalue weighted by Gasteiger charge is 2.29. The SMILES string of the molecule is COc1cc2nc(N(CCN(C)C)C(=O)c3ccc(S(=O)(=O)N4CCCC(C)C4)cc3)sc2cc1OC.Cl. The number of sulfonamides is 1. The van der Waals surface area contributed by atoms with E-state index < -0.39 is 10.0 Å². The Morgan fingerprint density at radius 2 is 1.76 bits per heavy atom. The van der Waals surface area contributed by atoms with Crippen molar-refractivity contribution in [2.45, 2.75) is 24.7 Å². The fourth-order valence-corrected chi connectivity index (χ4v) is 6.98. The molecule has 0 aliphatic carbocycles. The Labute approximate surface area is 234 Å². The summed E-state index contributed by atoms with van der Waals surface area (Å²) in [6.07, 6.45) is 1.89. The van der Waals surface area contributed by atoms with Crippen LogP contribution >= 0.6 is 23.7 Å². The molecule has 1 unspecified atom stereocenters. The van der Waals surface area contributed by atoms with Gasteiger partial charge >= 0.3 is 0 Å². The average Bonchev–Trinajstić information content (AvgIpc) is 3.30. The van der Waals surface area contributed by atoms with Gasteiger partial charge in [0, 0.05) is 43.9 Å². The van der Waals surface area contributed by atoms with Crippen LogP contribution in [0, 0.1) is 5.92 Å². The second kappa shape index (κ2) is 12.6. The van der Waals surface area contributed by atoms with Gasteiger partial charge in [0.25, 0.3) is 5.91 Å². The maximum Gasteiger partial charge on any atom is 0.260 e. The first-order valence-electron chi connectivity index (χ1n) is 12.2. The van der Waals surface area contributed by atoms with Crippen LogP contribution in [0.15, 0.2) is 41.3 Å². The standard InChI is InChI=1S/C26H34N4O5S2.ClH/c1-18-7-6-12-29(17-18)37(32,33)20-10-8-19(9-11-20)25(31)30(14-13-28(2)3)26-27-21-15-22(34-4)23(35-5)16-24(21)36-26;/h8-11,15-16,18H,6-7,12-14,17H2,1-5H3;1H. The van der Waals surface area contributed by atoms with E-state index in [0.29, 0.717) is 59.8 Å². The Balaban J connectivity index is 0.00000400. The van der Waals surface area contributed by atoms with Gasteiger partial charge in [0.15, 0.2) is 16.6 Å². The largest absolute Gasteiger partial charge is 0.493 e. The van der Waals surface area contributed by atoms with Crippen molar-refractivity contribution in [3.05, 3.63) is 42.0 Å². The topological polar surface area (TPSA) is 92.3 Å². The predicted molar refractivity (Wildman–Crippen MR) is 154 cm³/mol.